The predicted octanol–water partition coefficient (Wildman–Crippen LogP) is 3.57. The summed E-state index contributed by atoms with van der Waals surface area (Å²) < 4.78 is 25.6. The van der Waals surface area contributed by atoms with E-state index in [1.54, 1.807) is 30.6 Å². The Kier molecular flexibility index (Phi) is 6.42. The summed E-state index contributed by atoms with van der Waals surface area (Å²) in [5.41, 5.74) is 2.89. The van der Waals surface area contributed by atoms with Crippen LogP contribution in [0.25, 0.3) is 22.3 Å². The first-order valence-corrected chi connectivity index (χ1v) is 12.6. The molecule has 1 N–H and O–H groups in total. The zero-order chi connectivity index (χ0) is 26.1. The first-order chi connectivity index (χ1) is 18.5. The van der Waals surface area contributed by atoms with E-state index in [0.29, 0.717) is 42.6 Å². The van der Waals surface area contributed by atoms with E-state index in [9.17, 15) is 9.18 Å². The molecule has 0 spiro atoms. The van der Waals surface area contributed by atoms with Gasteiger partial charge in [-0.15, -0.1) is 0 Å². The van der Waals surface area contributed by atoms with Crippen molar-refractivity contribution >= 4 is 22.8 Å². The van der Waals surface area contributed by atoms with Crippen LogP contribution in [0.1, 0.15) is 34.1 Å². The Balaban J connectivity index is 1.19. The molecule has 1 atom stereocenters. The molecule has 194 valence electrons. The molecule has 10 heteroatoms. The van der Waals surface area contributed by atoms with Crippen molar-refractivity contribution < 1.29 is 18.7 Å². The van der Waals surface area contributed by atoms with Crippen LogP contribution < -0.4 is 10.2 Å². The Labute approximate surface area is 219 Å². The lowest BCUT2D eigenvalue weighted by molar-refractivity contribution is -0.00467. The Morgan fingerprint density at radius 2 is 1.89 bits per heavy atom. The zero-order valence-corrected chi connectivity index (χ0v) is 21.0. The monoisotopic (exact) mass is 514 g/mol. The molecule has 0 bridgehead atoms. The third-order valence-electron chi connectivity index (χ3n) is 6.82. The Morgan fingerprint density at radius 1 is 1.05 bits per heavy atom. The number of carbonyl (C=O) groups excluding carboxylic acids is 1. The third kappa shape index (κ3) is 4.92. The number of alkyl halides is 1. The van der Waals surface area contributed by atoms with Crippen molar-refractivity contribution in [3.05, 3.63) is 77.2 Å². The molecule has 9 nitrogen and oxygen atoms in total. The van der Waals surface area contributed by atoms with E-state index >= 15 is 0 Å². The lowest BCUT2D eigenvalue weighted by Crippen LogP contribution is -2.37. The van der Waals surface area contributed by atoms with Crippen LogP contribution in [0.15, 0.2) is 54.9 Å². The van der Waals surface area contributed by atoms with Crippen LogP contribution >= 0.6 is 0 Å². The molecule has 1 aromatic carbocycles. The summed E-state index contributed by atoms with van der Waals surface area (Å²) in [6.45, 7) is 4.82. The van der Waals surface area contributed by atoms with Crippen LogP contribution in [-0.2, 0) is 28.3 Å². The van der Waals surface area contributed by atoms with Crippen molar-refractivity contribution in [2.24, 2.45) is 0 Å². The van der Waals surface area contributed by atoms with Gasteiger partial charge in [-0.2, -0.15) is 0 Å². The summed E-state index contributed by atoms with van der Waals surface area (Å²) in [5.74, 6) is 0.365. The predicted molar refractivity (Wildman–Crippen MR) is 139 cm³/mol. The maximum absolute atomic E-state index is 14.9. The highest BCUT2D eigenvalue weighted by atomic mass is 19.1. The maximum Gasteiger partial charge on any atom is 0.251 e. The fraction of sp³-hybridized carbons (Fsp3) is 0.321. The molecule has 38 heavy (non-hydrogen) atoms. The van der Waals surface area contributed by atoms with E-state index in [1.165, 1.54) is 6.92 Å². The second-order valence-corrected chi connectivity index (χ2v) is 9.65. The Hall–Kier alpha value is -4.02. The van der Waals surface area contributed by atoms with Gasteiger partial charge in [0.25, 0.3) is 5.91 Å². The van der Waals surface area contributed by atoms with E-state index in [1.807, 2.05) is 24.3 Å². The minimum atomic E-state index is -1.63. The SMILES string of the molecule is C[C@@]1(F)COCc2ccc(C(=O)NCc3cc4nc(-c5ccnc(N6CCOCC6)n5)ccc4cn3)cc21. The standard InChI is InChI=1S/C28H27FN6O3/c1-28(29)17-38-16-20-3-2-18(12-22(20)28)26(36)32-15-21-13-25-19(14-31-21)4-5-23(33-25)24-6-7-30-27(34-24)35-8-10-37-11-9-35/h2-7,12-14H,8-11,15-17H2,1H3,(H,32,36)/t28-/m1/s1. The lowest BCUT2D eigenvalue weighted by Gasteiger charge is -2.29. The van der Waals surface area contributed by atoms with Gasteiger partial charge in [-0.25, -0.2) is 19.3 Å². The molecular formula is C28H27FN6O3. The number of hydrogen-bond donors (Lipinski definition) is 1. The second-order valence-electron chi connectivity index (χ2n) is 9.65. The van der Waals surface area contributed by atoms with Gasteiger partial charge in [-0.3, -0.25) is 9.78 Å². The summed E-state index contributed by atoms with van der Waals surface area (Å²) in [7, 11) is 0. The number of fused-ring (bicyclic) bond motifs is 2. The molecule has 0 saturated carbocycles. The van der Waals surface area contributed by atoms with E-state index in [-0.39, 0.29) is 19.1 Å². The van der Waals surface area contributed by atoms with Crippen molar-refractivity contribution in [2.75, 3.05) is 37.8 Å². The van der Waals surface area contributed by atoms with Gasteiger partial charge in [0.1, 0.15) is 0 Å². The molecule has 3 aromatic heterocycles. The zero-order valence-electron chi connectivity index (χ0n) is 21.0. The number of nitrogens with zero attached hydrogens (tertiary/aromatic N) is 5. The summed E-state index contributed by atoms with van der Waals surface area (Å²) in [6.07, 6.45) is 3.48. The van der Waals surface area contributed by atoms with Gasteiger partial charge in [-0.05, 0) is 54.4 Å². The summed E-state index contributed by atoms with van der Waals surface area (Å²) >= 11 is 0. The molecule has 2 aliphatic rings. The van der Waals surface area contributed by atoms with Gasteiger partial charge in [-0.1, -0.05) is 6.07 Å². The number of carbonyl (C=O) groups is 1. The number of pyridine rings is 2. The lowest BCUT2D eigenvalue weighted by atomic mass is 9.90. The van der Waals surface area contributed by atoms with Crippen LogP contribution in [0.4, 0.5) is 10.3 Å². The largest absolute Gasteiger partial charge is 0.378 e. The Morgan fingerprint density at radius 3 is 2.76 bits per heavy atom. The summed E-state index contributed by atoms with van der Waals surface area (Å²) in [6, 6.07) is 12.6. The number of benzene rings is 1. The minimum absolute atomic E-state index is 0.0232. The van der Waals surface area contributed by atoms with E-state index in [4.69, 9.17) is 19.4 Å². The van der Waals surface area contributed by atoms with Crippen LogP contribution in [0, 0.1) is 0 Å². The smallest absolute Gasteiger partial charge is 0.251 e. The molecule has 4 aromatic rings. The molecule has 2 aliphatic heterocycles. The van der Waals surface area contributed by atoms with Crippen LogP contribution in [0.5, 0.6) is 0 Å². The molecule has 0 unspecified atom stereocenters. The molecular weight excluding hydrogens is 487 g/mol. The van der Waals surface area contributed by atoms with Gasteiger partial charge in [0.2, 0.25) is 5.95 Å². The first-order valence-electron chi connectivity index (χ1n) is 12.6. The number of nitrogens with one attached hydrogen (secondary N) is 1. The highest BCUT2D eigenvalue weighted by molar-refractivity contribution is 5.94. The molecule has 0 aliphatic carbocycles. The van der Waals surface area contributed by atoms with Crippen molar-refractivity contribution in [3.8, 4) is 11.4 Å². The molecule has 6 rings (SSSR count). The number of rotatable bonds is 5. The molecule has 0 radical (unpaired) electrons. The number of anilines is 1. The van der Waals surface area contributed by atoms with Crippen LogP contribution in [0.3, 0.4) is 0 Å². The van der Waals surface area contributed by atoms with Crippen molar-refractivity contribution in [2.45, 2.75) is 25.7 Å². The van der Waals surface area contributed by atoms with E-state index < -0.39 is 5.67 Å². The van der Waals surface area contributed by atoms with Gasteiger partial charge in [0.15, 0.2) is 5.67 Å². The topological polar surface area (TPSA) is 102 Å². The number of halogens is 1. The average Bonchev–Trinajstić information content (AvgIpc) is 2.96. The van der Waals surface area contributed by atoms with E-state index in [2.05, 4.69) is 20.2 Å². The molecule has 1 saturated heterocycles. The maximum atomic E-state index is 14.9. The van der Waals surface area contributed by atoms with Crippen LogP contribution in [-0.4, -0.2) is 58.8 Å². The highest BCUT2D eigenvalue weighted by Gasteiger charge is 2.33. The second kappa shape index (κ2) is 10.0. The highest BCUT2D eigenvalue weighted by Crippen LogP contribution is 2.34. The van der Waals surface area contributed by atoms with E-state index in [0.717, 1.165) is 40.9 Å². The summed E-state index contributed by atoms with van der Waals surface area (Å²) in [5, 5.41) is 3.76. The Bertz CT molecular complexity index is 1510. The fourth-order valence-electron chi connectivity index (χ4n) is 4.74. The quantitative estimate of drug-likeness (QED) is 0.431. The van der Waals surface area contributed by atoms with Gasteiger partial charge in [0, 0.05) is 36.4 Å². The number of hydrogen-bond acceptors (Lipinski definition) is 8. The molecule has 1 amide bonds. The van der Waals surface area contributed by atoms with Crippen molar-refractivity contribution in [3.63, 3.8) is 0 Å². The number of ether oxygens (including phenoxy) is 2. The molecule has 1 fully saturated rings. The first kappa shape index (κ1) is 24.3. The van der Waals surface area contributed by atoms with Gasteiger partial charge in [0.05, 0.1) is 55.6 Å². The number of amides is 1. The van der Waals surface area contributed by atoms with Crippen molar-refractivity contribution in [1.29, 1.82) is 0 Å². The van der Waals surface area contributed by atoms with Crippen molar-refractivity contribution in [1.82, 2.24) is 25.3 Å². The number of morpholine rings is 1. The average molecular weight is 515 g/mol. The normalized spacial score (nSPS) is 19.3. The van der Waals surface area contributed by atoms with Gasteiger partial charge >= 0.3 is 0 Å². The van der Waals surface area contributed by atoms with Gasteiger partial charge < -0.3 is 19.7 Å². The number of aromatic nitrogens is 4. The summed E-state index contributed by atoms with van der Waals surface area (Å²) in [4.78, 5) is 33.4. The van der Waals surface area contributed by atoms with Crippen LogP contribution in [0.2, 0.25) is 0 Å². The fourth-order valence-corrected chi connectivity index (χ4v) is 4.74. The molecule has 5 heterocycles. The third-order valence-corrected chi connectivity index (χ3v) is 6.82. The minimum Gasteiger partial charge on any atom is -0.378 e.